The molecule has 1 aliphatic heterocycles. The summed E-state index contributed by atoms with van der Waals surface area (Å²) in [6.07, 6.45) is 1.96. The molecule has 5 rings (SSSR count). The normalized spacial score (nSPS) is 17.8. The van der Waals surface area contributed by atoms with Gasteiger partial charge in [0.2, 0.25) is 11.8 Å². The van der Waals surface area contributed by atoms with Gasteiger partial charge in [0, 0.05) is 22.0 Å². The molecule has 2 heterocycles. The van der Waals surface area contributed by atoms with Crippen molar-refractivity contribution in [1.82, 2.24) is 15.1 Å². The number of benzene rings is 2. The molecule has 0 spiro atoms. The van der Waals surface area contributed by atoms with Gasteiger partial charge in [-0.15, -0.1) is 11.8 Å². The van der Waals surface area contributed by atoms with Crippen LogP contribution in [0.5, 0.6) is 5.75 Å². The van der Waals surface area contributed by atoms with E-state index in [1.165, 1.54) is 0 Å². The number of nitrogens with one attached hydrogen (secondary N) is 1. The Morgan fingerprint density at radius 3 is 2.54 bits per heavy atom. The van der Waals surface area contributed by atoms with Crippen LogP contribution in [0, 0.1) is 0 Å². The van der Waals surface area contributed by atoms with E-state index < -0.39 is 0 Å². The first-order valence-electron chi connectivity index (χ1n) is 12.4. The van der Waals surface area contributed by atoms with Crippen LogP contribution in [-0.2, 0) is 15.0 Å². The number of hydrogen-bond donors (Lipinski definition) is 1. The summed E-state index contributed by atoms with van der Waals surface area (Å²) >= 11 is 7.94. The van der Waals surface area contributed by atoms with Crippen molar-refractivity contribution >= 4 is 41.0 Å². The number of ether oxygens (including phenoxy) is 1. The maximum atomic E-state index is 13.6. The maximum Gasteiger partial charge on any atom is 0.240 e. The van der Waals surface area contributed by atoms with Crippen LogP contribution < -0.4 is 15.0 Å². The molecule has 0 unspecified atom stereocenters. The monoisotopic (exact) mass is 538 g/mol. The summed E-state index contributed by atoms with van der Waals surface area (Å²) < 4.78 is 7.16. The predicted octanol–water partition coefficient (Wildman–Crippen LogP) is 5.28. The van der Waals surface area contributed by atoms with Crippen LogP contribution in [0.3, 0.4) is 0 Å². The molecule has 2 aliphatic rings. The van der Waals surface area contributed by atoms with Crippen molar-refractivity contribution in [2.24, 2.45) is 0 Å². The second-order valence-corrected chi connectivity index (χ2v) is 12.0. The van der Waals surface area contributed by atoms with Gasteiger partial charge >= 0.3 is 0 Å². The van der Waals surface area contributed by atoms with Crippen molar-refractivity contribution in [1.29, 1.82) is 0 Å². The molecule has 1 aromatic heterocycles. The zero-order valence-electron chi connectivity index (χ0n) is 21.5. The van der Waals surface area contributed by atoms with Gasteiger partial charge in [0.05, 0.1) is 29.5 Å². The highest BCUT2D eigenvalue weighted by Gasteiger charge is 2.40. The second-order valence-electron chi connectivity index (χ2n) is 10.5. The van der Waals surface area contributed by atoms with Gasteiger partial charge in [-0.1, -0.05) is 44.5 Å². The molecule has 0 bridgehead atoms. The maximum absolute atomic E-state index is 13.6. The van der Waals surface area contributed by atoms with Crippen molar-refractivity contribution in [3.05, 3.63) is 70.4 Å². The van der Waals surface area contributed by atoms with Gasteiger partial charge in [-0.25, -0.2) is 4.68 Å². The molecule has 1 atom stereocenters. The summed E-state index contributed by atoms with van der Waals surface area (Å²) in [7, 11) is 1.62. The van der Waals surface area contributed by atoms with E-state index in [9.17, 15) is 9.59 Å². The molecule has 9 heteroatoms. The lowest BCUT2D eigenvalue weighted by atomic mass is 9.87. The molecule has 1 aliphatic carbocycles. The van der Waals surface area contributed by atoms with Gasteiger partial charge in [0.1, 0.15) is 18.1 Å². The van der Waals surface area contributed by atoms with Crippen LogP contribution in [0.15, 0.2) is 48.5 Å². The minimum atomic E-state index is -0.325. The summed E-state index contributed by atoms with van der Waals surface area (Å²) in [6.45, 7) is 6.29. The molecule has 2 aromatic carbocycles. The Kier molecular flexibility index (Phi) is 6.98. The van der Waals surface area contributed by atoms with Crippen LogP contribution >= 0.6 is 23.4 Å². The lowest BCUT2D eigenvalue weighted by Crippen LogP contribution is -2.43. The van der Waals surface area contributed by atoms with Gasteiger partial charge in [-0.2, -0.15) is 5.10 Å². The van der Waals surface area contributed by atoms with Gasteiger partial charge in [0.15, 0.2) is 0 Å². The largest absolute Gasteiger partial charge is 0.497 e. The Morgan fingerprint density at radius 2 is 1.92 bits per heavy atom. The van der Waals surface area contributed by atoms with Crippen LogP contribution in [-0.4, -0.2) is 47.0 Å². The standard InChI is InChI=1S/C28H31ClN4O3S/c1-28(2,3)26-24-25(17-6-5-7-18(29)14-17)37-16-23(35)32(15-22(34)30-19-8-9-19)27(24)33(31-26)20-10-12-21(36-4)13-11-20/h5-7,10-14,19,25H,8-9,15-16H2,1-4H3,(H,30,34)/t25-/m0/s1. The van der Waals surface area contributed by atoms with E-state index in [1.54, 1.807) is 28.5 Å². The fraction of sp³-hybridized carbons (Fsp3) is 0.393. The molecule has 1 N–H and O–H groups in total. The minimum Gasteiger partial charge on any atom is -0.497 e. The number of anilines is 1. The molecule has 3 aromatic rings. The number of amides is 2. The van der Waals surface area contributed by atoms with Crippen LogP contribution in [0.25, 0.3) is 5.69 Å². The first kappa shape index (κ1) is 25.7. The summed E-state index contributed by atoms with van der Waals surface area (Å²) in [4.78, 5) is 28.2. The summed E-state index contributed by atoms with van der Waals surface area (Å²) in [5.74, 6) is 1.29. The lowest BCUT2D eigenvalue weighted by Gasteiger charge is -2.24. The van der Waals surface area contributed by atoms with E-state index in [4.69, 9.17) is 21.4 Å². The van der Waals surface area contributed by atoms with Crippen molar-refractivity contribution in [3.8, 4) is 11.4 Å². The third-order valence-corrected chi connectivity index (χ3v) is 8.00. The fourth-order valence-electron chi connectivity index (χ4n) is 4.55. The van der Waals surface area contributed by atoms with E-state index >= 15 is 0 Å². The number of fused-ring (bicyclic) bond motifs is 1. The van der Waals surface area contributed by atoms with Crippen molar-refractivity contribution < 1.29 is 14.3 Å². The average Bonchev–Trinajstić information content (AvgIpc) is 3.60. The van der Waals surface area contributed by atoms with Gasteiger partial charge in [-0.3, -0.25) is 14.5 Å². The summed E-state index contributed by atoms with van der Waals surface area (Å²) in [6, 6.07) is 15.5. The van der Waals surface area contributed by atoms with Crippen LogP contribution in [0.4, 0.5) is 5.82 Å². The molecule has 1 saturated carbocycles. The van der Waals surface area contributed by atoms with Gasteiger partial charge < -0.3 is 10.1 Å². The third kappa shape index (κ3) is 5.36. The SMILES string of the molecule is COc1ccc(-n2nc(C(C)(C)C)c3c2N(CC(=O)NC2CC2)C(=O)CS[C@H]3c2cccc(Cl)c2)cc1. The molecule has 0 radical (unpaired) electrons. The number of carbonyl (C=O) groups is 2. The molecular formula is C28H31ClN4O3S. The number of nitrogens with zero attached hydrogens (tertiary/aromatic N) is 3. The predicted molar refractivity (Wildman–Crippen MR) is 148 cm³/mol. The topological polar surface area (TPSA) is 76.5 Å². The summed E-state index contributed by atoms with van der Waals surface area (Å²) in [5.41, 5.74) is 3.26. The van der Waals surface area contributed by atoms with E-state index in [2.05, 4.69) is 26.1 Å². The second kappa shape index (κ2) is 10.1. The summed E-state index contributed by atoms with van der Waals surface area (Å²) in [5, 5.41) is 8.58. The zero-order chi connectivity index (χ0) is 26.3. The minimum absolute atomic E-state index is 0.0589. The Labute approximate surface area is 226 Å². The Balaban J connectivity index is 1.73. The van der Waals surface area contributed by atoms with E-state index in [1.807, 2.05) is 48.5 Å². The molecule has 1 fully saturated rings. The number of aromatic nitrogens is 2. The molecular weight excluding hydrogens is 508 g/mol. The number of halogens is 1. The van der Waals surface area contributed by atoms with E-state index in [-0.39, 0.29) is 40.8 Å². The smallest absolute Gasteiger partial charge is 0.240 e. The van der Waals surface area contributed by atoms with E-state index in [0.717, 1.165) is 41.1 Å². The number of carbonyl (C=O) groups excluding carboxylic acids is 2. The van der Waals surface area contributed by atoms with Gasteiger partial charge in [0.25, 0.3) is 0 Å². The number of thioether (sulfide) groups is 1. The highest BCUT2D eigenvalue weighted by molar-refractivity contribution is 8.00. The Morgan fingerprint density at radius 1 is 1.19 bits per heavy atom. The van der Waals surface area contributed by atoms with E-state index in [0.29, 0.717) is 10.8 Å². The number of methoxy groups -OCH3 is 1. The quantitative estimate of drug-likeness (QED) is 0.462. The first-order chi connectivity index (χ1) is 17.7. The average molecular weight is 539 g/mol. The lowest BCUT2D eigenvalue weighted by molar-refractivity contribution is -0.123. The van der Waals surface area contributed by atoms with Gasteiger partial charge in [-0.05, 0) is 54.8 Å². The van der Waals surface area contributed by atoms with Crippen LogP contribution in [0.2, 0.25) is 5.02 Å². The molecule has 7 nitrogen and oxygen atoms in total. The Bertz CT molecular complexity index is 1330. The molecule has 194 valence electrons. The van der Waals surface area contributed by atoms with Crippen molar-refractivity contribution in [2.75, 3.05) is 24.3 Å². The van der Waals surface area contributed by atoms with Crippen molar-refractivity contribution in [2.45, 2.75) is 50.3 Å². The van der Waals surface area contributed by atoms with Crippen LogP contribution in [0.1, 0.15) is 55.7 Å². The molecule has 37 heavy (non-hydrogen) atoms. The van der Waals surface area contributed by atoms with Crippen molar-refractivity contribution in [3.63, 3.8) is 0 Å². The highest BCUT2D eigenvalue weighted by atomic mass is 35.5. The Hall–Kier alpha value is -2.97. The fourth-order valence-corrected chi connectivity index (χ4v) is 5.94. The third-order valence-electron chi connectivity index (χ3n) is 6.51. The zero-order valence-corrected chi connectivity index (χ0v) is 23.0. The first-order valence-corrected chi connectivity index (χ1v) is 13.8. The number of rotatable bonds is 6. The molecule has 0 saturated heterocycles. The molecule has 2 amide bonds. The number of hydrogen-bond acceptors (Lipinski definition) is 5. The highest BCUT2D eigenvalue weighted by Crippen LogP contribution is 2.48.